The van der Waals surface area contributed by atoms with Gasteiger partial charge < -0.3 is 0 Å². The molecule has 2 heteroatoms. The topological polar surface area (TPSA) is 3.24 Å². The van der Waals surface area contributed by atoms with Crippen LogP contribution in [-0.2, 0) is 6.54 Å². The van der Waals surface area contributed by atoms with Crippen molar-refractivity contribution in [3.63, 3.8) is 0 Å². The van der Waals surface area contributed by atoms with E-state index in [9.17, 15) is 0 Å². The molecule has 0 fully saturated rings. The maximum absolute atomic E-state index is 3.54. The SMILES string of the molecule is CCCCCCCCCCCCCCCCCCCCCCCCCCCCCCCCCCCCCCCCCCCCCCCCCCCCCCCCCCCCCCCCCCCCCCCCCCCCCCCCCCCCCCCCCCCCCCC(C)(C)C#C/C=C/CN(C)Cc1cccc2ccccc12.Cl. The lowest BCUT2D eigenvalue weighted by atomic mass is 9.87. The number of rotatable bonds is 97. The summed E-state index contributed by atoms with van der Waals surface area (Å²) in [6.45, 7) is 8.82. The summed E-state index contributed by atoms with van der Waals surface area (Å²) in [6.07, 6.45) is 142. The average Bonchev–Trinajstić information content (AvgIpc) is 0.829. The van der Waals surface area contributed by atoms with E-state index in [1.807, 2.05) is 0 Å². The molecular weight excluding hydrogens is 1420 g/mol. The molecule has 0 aliphatic rings. The molecule has 0 aromatic heterocycles. The van der Waals surface area contributed by atoms with Gasteiger partial charge in [0.2, 0.25) is 0 Å². The van der Waals surface area contributed by atoms with Crippen molar-refractivity contribution in [2.45, 2.75) is 624 Å². The van der Waals surface area contributed by atoms with E-state index in [0.29, 0.717) is 0 Å². The van der Waals surface area contributed by atoms with Gasteiger partial charge in [-0.3, -0.25) is 4.90 Å². The van der Waals surface area contributed by atoms with Crippen LogP contribution in [0.2, 0.25) is 0 Å². The molecule has 0 heterocycles. The third kappa shape index (κ3) is 85.8. The summed E-state index contributed by atoms with van der Waals surface area (Å²) in [7, 11) is 2.20. The van der Waals surface area contributed by atoms with Crippen LogP contribution in [0.3, 0.4) is 0 Å². The number of hydrogen-bond acceptors (Lipinski definition) is 1. The van der Waals surface area contributed by atoms with Crippen molar-refractivity contribution in [3.8, 4) is 11.8 Å². The summed E-state index contributed by atoms with van der Waals surface area (Å²) >= 11 is 0. The van der Waals surface area contributed by atoms with Crippen molar-refractivity contribution in [3.05, 3.63) is 60.2 Å². The van der Waals surface area contributed by atoms with Crippen LogP contribution < -0.4 is 0 Å². The van der Waals surface area contributed by atoms with Crippen LogP contribution in [0.5, 0.6) is 0 Å². The zero-order valence-corrected chi connectivity index (χ0v) is 81.0. The third-order valence-electron chi connectivity index (χ3n) is 27.0. The Morgan fingerprint density at radius 2 is 0.422 bits per heavy atom. The van der Waals surface area contributed by atoms with Gasteiger partial charge in [-0.25, -0.2) is 0 Å². The summed E-state index contributed by atoms with van der Waals surface area (Å²) in [5, 5.41) is 2.68. The van der Waals surface area contributed by atoms with Crippen molar-refractivity contribution >= 4 is 23.2 Å². The molecule has 0 N–H and O–H groups in total. The first kappa shape index (κ1) is 112. The van der Waals surface area contributed by atoms with E-state index < -0.39 is 0 Å². The van der Waals surface area contributed by atoms with Crippen molar-refractivity contribution in [2.24, 2.45) is 5.41 Å². The van der Waals surface area contributed by atoms with E-state index >= 15 is 0 Å². The van der Waals surface area contributed by atoms with Crippen LogP contribution >= 0.6 is 12.4 Å². The van der Waals surface area contributed by atoms with Crippen LogP contribution in [0.15, 0.2) is 54.6 Å². The van der Waals surface area contributed by atoms with Gasteiger partial charge in [0.15, 0.2) is 0 Å². The van der Waals surface area contributed by atoms with E-state index in [-0.39, 0.29) is 17.8 Å². The molecular formula is C114H212ClN. The average molecular weight is 1630 g/mol. The summed E-state index contributed by atoms with van der Waals surface area (Å²) in [5.41, 5.74) is 1.49. The van der Waals surface area contributed by atoms with E-state index in [0.717, 1.165) is 13.1 Å². The standard InChI is InChI=1S/C114H211N.ClH/c1-5-6-7-8-9-10-11-12-13-14-15-16-17-18-19-20-21-22-23-24-25-26-27-28-29-30-31-32-33-34-35-36-37-38-39-40-41-42-43-44-45-46-47-48-49-50-51-52-53-54-55-56-57-58-59-60-61-62-63-64-65-66-67-68-69-70-71-72-73-74-75-76-77-78-79-80-81-82-83-84-85-86-87-88-89-90-91-92-93-94-95-99-107-114(2,3)108-100-96-101-109-115(4)110-112-105-102-104-111-103-97-98-106-113(111)112;/h96-98,101-106H,5-95,99,107,109-110H2,1-4H3;1H/b101-96+;. The molecule has 0 saturated heterocycles. The minimum absolute atomic E-state index is 0. The lowest BCUT2D eigenvalue weighted by Gasteiger charge is -2.17. The second-order valence-electron chi connectivity index (χ2n) is 39.3. The number of nitrogens with zero attached hydrogens (tertiary/aromatic N) is 1. The molecule has 116 heavy (non-hydrogen) atoms. The molecule has 0 aliphatic carbocycles. The summed E-state index contributed by atoms with van der Waals surface area (Å²) in [5.74, 6) is 6.90. The number of unbranched alkanes of at least 4 members (excludes halogenated alkanes) is 91. The fraction of sp³-hybridized carbons (Fsp3) is 0.877. The Hall–Kier alpha value is -1.75. The van der Waals surface area contributed by atoms with Crippen LogP contribution in [0, 0.1) is 17.3 Å². The first-order valence-corrected chi connectivity index (χ1v) is 54.3. The molecule has 0 atom stereocenters. The number of likely N-dealkylation sites (N-methyl/N-ethyl adjacent to an activating group) is 1. The zero-order chi connectivity index (χ0) is 81.8. The highest BCUT2D eigenvalue weighted by Crippen LogP contribution is 2.27. The molecule has 0 saturated carbocycles. The molecule has 0 bridgehead atoms. The fourth-order valence-electron chi connectivity index (χ4n) is 18.9. The molecule has 0 radical (unpaired) electrons. The summed E-state index contributed by atoms with van der Waals surface area (Å²) in [4.78, 5) is 2.36. The maximum Gasteiger partial charge on any atom is 0.0262 e. The minimum atomic E-state index is 0. The number of benzene rings is 2. The largest absolute Gasteiger partial charge is 0.298 e. The van der Waals surface area contributed by atoms with Crippen molar-refractivity contribution < 1.29 is 0 Å². The van der Waals surface area contributed by atoms with Crippen molar-refractivity contribution in [1.82, 2.24) is 4.90 Å². The molecule has 0 unspecified atom stereocenters. The first-order valence-electron chi connectivity index (χ1n) is 54.3. The molecule has 0 amide bonds. The lowest BCUT2D eigenvalue weighted by molar-refractivity contribution is 0.365. The zero-order valence-electron chi connectivity index (χ0n) is 80.2. The third-order valence-corrected chi connectivity index (χ3v) is 27.0. The Bertz CT molecular complexity index is 2240. The Labute approximate surface area is 738 Å². The monoisotopic (exact) mass is 1630 g/mol. The van der Waals surface area contributed by atoms with E-state index in [4.69, 9.17) is 0 Å². The van der Waals surface area contributed by atoms with Gasteiger partial charge in [0.25, 0.3) is 0 Å². The highest BCUT2D eigenvalue weighted by molar-refractivity contribution is 5.86. The van der Waals surface area contributed by atoms with E-state index in [1.54, 1.807) is 0 Å². The van der Waals surface area contributed by atoms with Gasteiger partial charge in [0.05, 0.1) is 0 Å². The van der Waals surface area contributed by atoms with Crippen LogP contribution in [0.4, 0.5) is 0 Å². The summed E-state index contributed by atoms with van der Waals surface area (Å²) < 4.78 is 0. The number of halogens is 1. The van der Waals surface area contributed by atoms with Crippen LogP contribution in [0.1, 0.15) is 623 Å². The van der Waals surface area contributed by atoms with E-state index in [1.165, 1.54) is 613 Å². The second kappa shape index (κ2) is 95.5. The molecule has 2 aromatic carbocycles. The van der Waals surface area contributed by atoms with Gasteiger partial charge in [-0.1, -0.05) is 658 Å². The van der Waals surface area contributed by atoms with E-state index in [2.05, 4.69) is 99.2 Å². The highest BCUT2D eigenvalue weighted by atomic mass is 35.5. The lowest BCUT2D eigenvalue weighted by Crippen LogP contribution is -2.17. The van der Waals surface area contributed by atoms with Crippen LogP contribution in [-0.4, -0.2) is 18.5 Å². The van der Waals surface area contributed by atoms with Gasteiger partial charge in [0, 0.05) is 18.5 Å². The quantitative estimate of drug-likeness (QED) is 0.0471. The highest BCUT2D eigenvalue weighted by Gasteiger charge is 2.14. The van der Waals surface area contributed by atoms with Crippen molar-refractivity contribution in [2.75, 3.05) is 13.6 Å². The van der Waals surface area contributed by atoms with Gasteiger partial charge in [0.1, 0.15) is 0 Å². The Morgan fingerprint density at radius 1 is 0.241 bits per heavy atom. The predicted molar refractivity (Wildman–Crippen MR) is 533 cm³/mol. The molecule has 2 rings (SSSR count). The normalized spacial score (nSPS) is 11.9. The van der Waals surface area contributed by atoms with Gasteiger partial charge in [-0.15, -0.1) is 12.4 Å². The smallest absolute Gasteiger partial charge is 0.0262 e. The predicted octanol–water partition coefficient (Wildman–Crippen LogP) is 41.6. The van der Waals surface area contributed by atoms with Crippen molar-refractivity contribution in [1.29, 1.82) is 0 Å². The Kier molecular flexibility index (Phi) is 92.4. The Balaban J connectivity index is 0.0000673. The minimum Gasteiger partial charge on any atom is -0.298 e. The van der Waals surface area contributed by atoms with Gasteiger partial charge in [-0.05, 0) is 49.7 Å². The first-order chi connectivity index (χ1) is 57.0. The maximum atomic E-state index is 3.54. The fourth-order valence-corrected chi connectivity index (χ4v) is 18.9. The molecule has 2 aromatic rings. The molecule has 1 nitrogen and oxygen atoms in total. The van der Waals surface area contributed by atoms with Gasteiger partial charge in [-0.2, -0.15) is 0 Å². The van der Waals surface area contributed by atoms with Gasteiger partial charge >= 0.3 is 0 Å². The van der Waals surface area contributed by atoms with Crippen LogP contribution in [0.25, 0.3) is 10.8 Å². The number of fused-ring (bicyclic) bond motifs is 1. The molecule has 0 aliphatic heterocycles. The second-order valence-corrected chi connectivity index (χ2v) is 39.3. The number of allylic oxidation sites excluding steroid dienone is 1. The molecule has 680 valence electrons. The Morgan fingerprint density at radius 3 is 0.629 bits per heavy atom. The summed E-state index contributed by atoms with van der Waals surface area (Å²) in [6, 6.07) is 15.3. The number of hydrogen-bond donors (Lipinski definition) is 0. The molecule has 0 spiro atoms.